The molecule has 0 aliphatic carbocycles. The van der Waals surface area contributed by atoms with Crippen LogP contribution in [0, 0.1) is 29.1 Å². The number of rotatable bonds is 6. The van der Waals surface area contributed by atoms with Crippen molar-refractivity contribution in [1.82, 2.24) is 0 Å². The van der Waals surface area contributed by atoms with Gasteiger partial charge in [-0.05, 0) is 0 Å². The van der Waals surface area contributed by atoms with E-state index in [9.17, 15) is 39.7 Å². The van der Waals surface area contributed by atoms with Crippen molar-refractivity contribution in [2.75, 3.05) is 19.0 Å². The molecule has 0 saturated carbocycles. The van der Waals surface area contributed by atoms with Crippen LogP contribution in [0.1, 0.15) is 0 Å². The van der Waals surface area contributed by atoms with Gasteiger partial charge in [0.15, 0.2) is 5.75 Å². The number of esters is 1. The van der Waals surface area contributed by atoms with E-state index in [0.717, 1.165) is 0 Å². The molecule has 0 aliphatic heterocycles. The first-order chi connectivity index (χ1) is 10.0. The van der Waals surface area contributed by atoms with Crippen LogP contribution in [-0.4, -0.2) is 37.9 Å². The number of ether oxygens (including phenoxy) is 2. The SMILES string of the molecule is O=C(CS(=O)(=O)[O-])OCCOc1c(F)c(F)c(F)c(F)c1F. The van der Waals surface area contributed by atoms with Crippen LogP contribution in [0.5, 0.6) is 5.75 Å². The van der Waals surface area contributed by atoms with Crippen LogP contribution >= 0.6 is 0 Å². The van der Waals surface area contributed by atoms with Gasteiger partial charge >= 0.3 is 5.97 Å². The van der Waals surface area contributed by atoms with E-state index in [1.165, 1.54) is 0 Å². The standard InChI is InChI=1S/C10H7F5O6S/c11-5-6(12)8(14)10(9(15)7(5)13)21-2-1-20-4(16)3-22(17,18)19/h1-3H2,(H,17,18,19)/p-1. The van der Waals surface area contributed by atoms with Gasteiger partial charge in [0.1, 0.15) is 29.1 Å². The lowest BCUT2D eigenvalue weighted by atomic mass is 10.2. The normalized spacial score (nSPS) is 11.4. The summed E-state index contributed by atoms with van der Waals surface area (Å²) in [5, 5.41) is 0. The highest BCUT2D eigenvalue weighted by Crippen LogP contribution is 2.28. The summed E-state index contributed by atoms with van der Waals surface area (Å²) in [5.74, 6) is -15.8. The summed E-state index contributed by atoms with van der Waals surface area (Å²) in [6.45, 7) is -1.63. The third-order valence-corrected chi connectivity index (χ3v) is 2.65. The Bertz CT molecular complexity index is 661. The molecule has 1 aromatic carbocycles. The Kier molecular flexibility index (Phi) is 5.65. The van der Waals surface area contributed by atoms with Crippen LogP contribution in [0.4, 0.5) is 22.0 Å². The lowest BCUT2D eigenvalue weighted by Gasteiger charge is -2.11. The minimum atomic E-state index is -4.87. The van der Waals surface area contributed by atoms with Gasteiger partial charge in [0.2, 0.25) is 29.1 Å². The average molecular weight is 349 g/mol. The fourth-order valence-corrected chi connectivity index (χ4v) is 1.57. The maximum absolute atomic E-state index is 13.1. The fourth-order valence-electron chi connectivity index (χ4n) is 1.20. The van der Waals surface area contributed by atoms with Gasteiger partial charge in [0.05, 0.1) is 0 Å². The molecule has 0 heterocycles. The second kappa shape index (κ2) is 6.87. The second-order valence-corrected chi connectivity index (χ2v) is 5.07. The van der Waals surface area contributed by atoms with Gasteiger partial charge in [-0.1, -0.05) is 0 Å². The van der Waals surface area contributed by atoms with Crippen molar-refractivity contribution in [3.8, 4) is 5.75 Å². The van der Waals surface area contributed by atoms with Crippen LogP contribution in [-0.2, 0) is 19.6 Å². The highest BCUT2D eigenvalue weighted by Gasteiger charge is 2.27. The first kappa shape index (κ1) is 18.1. The number of carbonyl (C=O) groups is 1. The summed E-state index contributed by atoms with van der Waals surface area (Å²) in [6.07, 6.45) is 0. The van der Waals surface area contributed by atoms with Gasteiger partial charge in [0.25, 0.3) is 0 Å². The van der Waals surface area contributed by atoms with Crippen molar-refractivity contribution < 1.29 is 49.2 Å². The lowest BCUT2D eigenvalue weighted by Crippen LogP contribution is -2.21. The van der Waals surface area contributed by atoms with Crippen molar-refractivity contribution in [2.45, 2.75) is 0 Å². The van der Waals surface area contributed by atoms with Crippen LogP contribution < -0.4 is 4.74 Å². The molecular formula is C10H6F5O6S-. The van der Waals surface area contributed by atoms with Crippen LogP contribution in [0.3, 0.4) is 0 Å². The lowest BCUT2D eigenvalue weighted by molar-refractivity contribution is -0.141. The van der Waals surface area contributed by atoms with Crippen molar-refractivity contribution in [2.24, 2.45) is 0 Å². The van der Waals surface area contributed by atoms with E-state index in [4.69, 9.17) is 0 Å². The summed E-state index contributed by atoms with van der Waals surface area (Å²) in [6, 6.07) is 0. The number of carbonyl (C=O) groups excluding carboxylic acids is 1. The number of hydrogen-bond donors (Lipinski definition) is 0. The van der Waals surface area contributed by atoms with E-state index in [-0.39, 0.29) is 0 Å². The average Bonchev–Trinajstić information content (AvgIpc) is 2.40. The largest absolute Gasteiger partial charge is 0.748 e. The first-order valence-corrected chi connectivity index (χ1v) is 6.85. The Morgan fingerprint density at radius 1 is 0.909 bits per heavy atom. The maximum Gasteiger partial charge on any atom is 0.320 e. The molecule has 1 aromatic rings. The summed E-state index contributed by atoms with van der Waals surface area (Å²) < 4.78 is 104. The van der Waals surface area contributed by atoms with Crippen molar-refractivity contribution >= 4 is 16.1 Å². The Labute approximate surface area is 120 Å². The molecule has 0 amide bonds. The molecule has 0 bridgehead atoms. The van der Waals surface area contributed by atoms with Gasteiger partial charge < -0.3 is 14.0 Å². The van der Waals surface area contributed by atoms with E-state index < -0.39 is 69.9 Å². The molecule has 6 nitrogen and oxygen atoms in total. The Morgan fingerprint density at radius 3 is 1.82 bits per heavy atom. The monoisotopic (exact) mass is 349 g/mol. The highest BCUT2D eigenvalue weighted by molar-refractivity contribution is 7.86. The molecule has 0 spiro atoms. The third kappa shape index (κ3) is 4.53. The van der Waals surface area contributed by atoms with E-state index in [2.05, 4.69) is 9.47 Å². The molecule has 1 rings (SSSR count). The predicted molar refractivity (Wildman–Crippen MR) is 57.3 cm³/mol. The van der Waals surface area contributed by atoms with Crippen LogP contribution in [0.2, 0.25) is 0 Å². The number of halogens is 5. The summed E-state index contributed by atoms with van der Waals surface area (Å²) in [7, 11) is -4.87. The fraction of sp³-hybridized carbons (Fsp3) is 0.300. The molecule has 0 fully saturated rings. The number of hydrogen-bond acceptors (Lipinski definition) is 6. The minimum Gasteiger partial charge on any atom is -0.748 e. The highest BCUT2D eigenvalue weighted by atomic mass is 32.2. The van der Waals surface area contributed by atoms with Gasteiger partial charge in [0, 0.05) is 0 Å². The molecule has 0 N–H and O–H groups in total. The molecule has 0 aromatic heterocycles. The topological polar surface area (TPSA) is 92.7 Å². The van der Waals surface area contributed by atoms with Gasteiger partial charge in [-0.25, -0.2) is 21.6 Å². The van der Waals surface area contributed by atoms with Crippen molar-refractivity contribution in [3.05, 3.63) is 29.1 Å². The molecule has 0 unspecified atom stereocenters. The minimum absolute atomic E-state index is 0.784. The summed E-state index contributed by atoms with van der Waals surface area (Å²) in [5.41, 5.74) is 0. The first-order valence-electron chi connectivity index (χ1n) is 5.28. The van der Waals surface area contributed by atoms with Crippen LogP contribution in [0.25, 0.3) is 0 Å². The van der Waals surface area contributed by atoms with E-state index >= 15 is 0 Å². The Balaban J connectivity index is 2.65. The molecule has 0 radical (unpaired) electrons. The molecule has 124 valence electrons. The van der Waals surface area contributed by atoms with Gasteiger partial charge in [-0.2, -0.15) is 8.78 Å². The van der Waals surface area contributed by atoms with Gasteiger partial charge in [-0.15, -0.1) is 0 Å². The number of benzene rings is 1. The van der Waals surface area contributed by atoms with Crippen LogP contribution in [0.15, 0.2) is 0 Å². The smallest absolute Gasteiger partial charge is 0.320 e. The van der Waals surface area contributed by atoms with Crippen molar-refractivity contribution in [1.29, 1.82) is 0 Å². The third-order valence-electron chi connectivity index (χ3n) is 2.06. The molecule has 0 atom stereocenters. The zero-order chi connectivity index (χ0) is 17.1. The molecular weight excluding hydrogens is 343 g/mol. The zero-order valence-electron chi connectivity index (χ0n) is 10.4. The summed E-state index contributed by atoms with van der Waals surface area (Å²) in [4.78, 5) is 10.8. The van der Waals surface area contributed by atoms with Crippen molar-refractivity contribution in [3.63, 3.8) is 0 Å². The van der Waals surface area contributed by atoms with E-state index in [1.807, 2.05) is 0 Å². The summed E-state index contributed by atoms with van der Waals surface area (Å²) >= 11 is 0. The molecule has 0 aliphatic rings. The Hall–Kier alpha value is -1.95. The maximum atomic E-state index is 13.1. The zero-order valence-corrected chi connectivity index (χ0v) is 11.2. The predicted octanol–water partition coefficient (Wildman–Crippen LogP) is 0.849. The molecule has 0 saturated heterocycles. The van der Waals surface area contributed by atoms with E-state index in [1.54, 1.807) is 0 Å². The van der Waals surface area contributed by atoms with Gasteiger partial charge in [-0.3, -0.25) is 4.79 Å². The second-order valence-electron chi connectivity index (χ2n) is 3.67. The van der Waals surface area contributed by atoms with E-state index in [0.29, 0.717) is 0 Å². The quantitative estimate of drug-likeness (QED) is 0.189. The Morgan fingerprint density at radius 2 is 1.36 bits per heavy atom. The molecule has 22 heavy (non-hydrogen) atoms. The molecule has 12 heteroatoms.